The summed E-state index contributed by atoms with van der Waals surface area (Å²) in [6.45, 7) is 0. The standard InChI is InChI=1S/2H3O4P.2H2O.Zr/c2*1-5(2,3)4;;;/h2*(H3,1,2,3,4);2*1H2;/q;;;;+4/p-4. The Morgan fingerprint density at radius 2 is 0.769 bits per heavy atom. The molecule has 13 heteroatoms. The van der Waals surface area contributed by atoms with E-state index < -0.39 is 15.6 Å². The average molecular weight is 319 g/mol. The second kappa shape index (κ2) is 11.1. The number of hydrogen-bond donors (Lipinski definition) is 2. The SMILES string of the molecule is O.O.O=P([O-])([O-])O.O=P([O-])([O-])O.[Zr+4]. The predicted octanol–water partition coefficient (Wildman–Crippen LogP) is -6.04. The van der Waals surface area contributed by atoms with E-state index in [9.17, 15) is 0 Å². The summed E-state index contributed by atoms with van der Waals surface area (Å²) in [5.41, 5.74) is 0. The average Bonchev–Trinajstić information content (AvgIpc) is 1.12. The Hall–Kier alpha value is 1.02. The molecule has 0 radical (unpaired) electrons. The van der Waals surface area contributed by atoms with Gasteiger partial charge >= 0.3 is 26.2 Å². The molecule has 0 amide bonds. The Balaban J connectivity index is -0.0000000267. The maximum Gasteiger partial charge on any atom is 4.00 e. The Morgan fingerprint density at radius 1 is 0.769 bits per heavy atom. The van der Waals surface area contributed by atoms with Gasteiger partial charge in [-0.3, -0.25) is 0 Å². The first-order chi connectivity index (χ1) is 4.00. The summed E-state index contributed by atoms with van der Waals surface area (Å²) in [6.07, 6.45) is 0. The number of rotatable bonds is 0. The summed E-state index contributed by atoms with van der Waals surface area (Å²) < 4.78 is 17.3. The summed E-state index contributed by atoms with van der Waals surface area (Å²) in [5, 5.41) is 0. The van der Waals surface area contributed by atoms with Gasteiger partial charge in [0.25, 0.3) is 0 Å². The molecule has 0 saturated heterocycles. The van der Waals surface area contributed by atoms with Gasteiger partial charge < -0.3 is 49.4 Å². The maximum atomic E-state index is 8.66. The van der Waals surface area contributed by atoms with Crippen LogP contribution >= 0.6 is 15.6 Å². The molecule has 0 aromatic carbocycles. The molecule has 0 atom stereocenters. The molecule has 6 N–H and O–H groups in total. The first kappa shape index (κ1) is 29.2. The van der Waals surface area contributed by atoms with Gasteiger partial charge in [-0.15, -0.1) is 0 Å². The molecule has 0 bridgehead atoms. The minimum absolute atomic E-state index is 0. The van der Waals surface area contributed by atoms with Gasteiger partial charge in [0.15, 0.2) is 0 Å². The topological polar surface area (TPSA) is 230 Å². The Bertz CT molecular complexity index is 125. The fourth-order valence-electron chi connectivity index (χ4n) is 0. The monoisotopic (exact) mass is 318 g/mol. The molecular weight excluding hydrogens is 313 g/mol. The minimum atomic E-state index is -5.14. The first-order valence-corrected chi connectivity index (χ1v) is 4.49. The van der Waals surface area contributed by atoms with E-state index in [-0.39, 0.29) is 37.2 Å². The predicted molar refractivity (Wildman–Crippen MR) is 26.9 cm³/mol. The summed E-state index contributed by atoms with van der Waals surface area (Å²) in [7, 11) is -10.3. The van der Waals surface area contributed by atoms with Crippen molar-refractivity contribution < 1.29 is 75.6 Å². The molecule has 0 aromatic rings. The van der Waals surface area contributed by atoms with Crippen LogP contribution in [-0.4, -0.2) is 20.7 Å². The van der Waals surface area contributed by atoms with Crippen molar-refractivity contribution >= 4 is 15.6 Å². The van der Waals surface area contributed by atoms with E-state index in [0.717, 1.165) is 0 Å². The van der Waals surface area contributed by atoms with Crippen molar-refractivity contribution in [3.05, 3.63) is 0 Å². The van der Waals surface area contributed by atoms with Gasteiger partial charge in [-0.2, -0.15) is 0 Å². The van der Waals surface area contributed by atoms with Crippen LogP contribution in [0, 0.1) is 0 Å². The molecule has 0 aliphatic heterocycles. The fraction of sp³-hybridized carbons (Fsp3) is 0. The van der Waals surface area contributed by atoms with E-state index in [1.165, 1.54) is 0 Å². The molecule has 0 fully saturated rings. The molecule has 0 spiro atoms. The van der Waals surface area contributed by atoms with Gasteiger partial charge in [0.1, 0.15) is 0 Å². The minimum Gasteiger partial charge on any atom is -0.790 e. The van der Waals surface area contributed by atoms with Gasteiger partial charge in [0.2, 0.25) is 0 Å². The molecular formula is H6O10P2Zr. The van der Waals surface area contributed by atoms with Gasteiger partial charge in [0.05, 0.1) is 15.6 Å². The van der Waals surface area contributed by atoms with Crippen LogP contribution in [0.2, 0.25) is 0 Å². The Labute approximate surface area is 91.5 Å². The molecule has 0 aromatic heterocycles. The van der Waals surface area contributed by atoms with Crippen molar-refractivity contribution in [1.82, 2.24) is 0 Å². The molecule has 0 rings (SSSR count). The van der Waals surface area contributed by atoms with Crippen LogP contribution in [0.5, 0.6) is 0 Å². The summed E-state index contributed by atoms with van der Waals surface area (Å²) in [4.78, 5) is 48.6. The molecule has 0 heterocycles. The third-order valence-electron chi connectivity index (χ3n) is 0. The second-order valence-corrected chi connectivity index (χ2v) is 2.81. The van der Waals surface area contributed by atoms with Crippen LogP contribution in [0.15, 0.2) is 0 Å². The summed E-state index contributed by atoms with van der Waals surface area (Å²) in [6, 6.07) is 0. The fourth-order valence-corrected chi connectivity index (χ4v) is 0. The van der Waals surface area contributed by atoms with E-state index in [1.54, 1.807) is 0 Å². The third kappa shape index (κ3) is 1510. The summed E-state index contributed by atoms with van der Waals surface area (Å²) >= 11 is 0. The zero-order chi connectivity index (χ0) is 9.00. The van der Waals surface area contributed by atoms with Crippen LogP contribution in [0.25, 0.3) is 0 Å². The van der Waals surface area contributed by atoms with Crippen LogP contribution in [0.4, 0.5) is 0 Å². The molecule has 13 heavy (non-hydrogen) atoms. The van der Waals surface area contributed by atoms with Gasteiger partial charge in [0, 0.05) is 0 Å². The largest absolute Gasteiger partial charge is 4.00 e. The molecule has 0 aliphatic carbocycles. The van der Waals surface area contributed by atoms with E-state index in [4.69, 9.17) is 38.5 Å². The number of phosphoric acid groups is 2. The van der Waals surface area contributed by atoms with Crippen molar-refractivity contribution in [2.75, 3.05) is 0 Å². The molecule has 80 valence electrons. The molecule has 0 aliphatic rings. The Kier molecular flexibility index (Phi) is 24.9. The third-order valence-corrected chi connectivity index (χ3v) is 0. The van der Waals surface area contributed by atoms with Crippen molar-refractivity contribution in [2.45, 2.75) is 0 Å². The zero-order valence-corrected chi connectivity index (χ0v) is 9.99. The van der Waals surface area contributed by atoms with Crippen molar-refractivity contribution in [3.63, 3.8) is 0 Å². The van der Waals surface area contributed by atoms with E-state index in [0.29, 0.717) is 0 Å². The molecule has 0 unspecified atom stereocenters. The van der Waals surface area contributed by atoms with Crippen LogP contribution in [0.3, 0.4) is 0 Å². The van der Waals surface area contributed by atoms with Crippen LogP contribution in [0.1, 0.15) is 0 Å². The quantitative estimate of drug-likeness (QED) is 0.407. The van der Waals surface area contributed by atoms with E-state index >= 15 is 0 Å². The van der Waals surface area contributed by atoms with Crippen molar-refractivity contribution in [1.29, 1.82) is 0 Å². The first-order valence-electron chi connectivity index (χ1n) is 1.50. The van der Waals surface area contributed by atoms with E-state index in [1.807, 2.05) is 0 Å². The van der Waals surface area contributed by atoms with Crippen LogP contribution < -0.4 is 19.6 Å². The second-order valence-electron chi connectivity index (χ2n) is 0.937. The summed E-state index contributed by atoms with van der Waals surface area (Å²) in [5.74, 6) is 0. The Morgan fingerprint density at radius 3 is 0.769 bits per heavy atom. The van der Waals surface area contributed by atoms with Crippen LogP contribution in [-0.2, 0) is 35.3 Å². The van der Waals surface area contributed by atoms with Crippen molar-refractivity contribution in [3.8, 4) is 0 Å². The zero-order valence-electron chi connectivity index (χ0n) is 5.74. The molecule has 0 saturated carbocycles. The van der Waals surface area contributed by atoms with Gasteiger partial charge in [-0.1, -0.05) is 0 Å². The maximum absolute atomic E-state index is 8.66. The normalized spacial score (nSPS) is 9.08. The van der Waals surface area contributed by atoms with Gasteiger partial charge in [-0.25, -0.2) is 0 Å². The van der Waals surface area contributed by atoms with E-state index in [2.05, 4.69) is 0 Å². The van der Waals surface area contributed by atoms with Crippen molar-refractivity contribution in [2.24, 2.45) is 0 Å². The molecule has 10 nitrogen and oxygen atoms in total. The smallest absolute Gasteiger partial charge is 0.790 e. The van der Waals surface area contributed by atoms with Gasteiger partial charge in [-0.05, 0) is 0 Å². The number of hydrogen-bond acceptors (Lipinski definition) is 6.